The molecule has 0 bridgehead atoms. The highest BCUT2D eigenvalue weighted by Crippen LogP contribution is 2.34. The van der Waals surface area contributed by atoms with E-state index in [1.807, 2.05) is 6.92 Å². The first-order valence-corrected chi connectivity index (χ1v) is 6.83. The molecule has 104 valence electrons. The van der Waals surface area contributed by atoms with Crippen molar-refractivity contribution in [2.75, 3.05) is 33.7 Å². The lowest BCUT2D eigenvalue weighted by atomic mass is 9.96. The monoisotopic (exact) mass is 255 g/mol. The van der Waals surface area contributed by atoms with Crippen molar-refractivity contribution in [2.45, 2.75) is 43.9 Å². The fourth-order valence-electron chi connectivity index (χ4n) is 3.27. The van der Waals surface area contributed by atoms with Gasteiger partial charge in [0.2, 0.25) is 5.91 Å². The van der Waals surface area contributed by atoms with E-state index in [-0.39, 0.29) is 18.0 Å². The lowest BCUT2D eigenvalue weighted by Crippen LogP contribution is -2.63. The lowest BCUT2D eigenvalue weighted by Gasteiger charge is -2.44. The van der Waals surface area contributed by atoms with Crippen molar-refractivity contribution in [3.8, 4) is 0 Å². The molecule has 2 aliphatic rings. The Morgan fingerprint density at radius 1 is 1.50 bits per heavy atom. The van der Waals surface area contributed by atoms with Crippen molar-refractivity contribution in [2.24, 2.45) is 0 Å². The summed E-state index contributed by atoms with van der Waals surface area (Å²) >= 11 is 0. The lowest BCUT2D eigenvalue weighted by molar-refractivity contribution is -0.138. The molecule has 2 rings (SSSR count). The molecule has 0 aromatic rings. The van der Waals surface area contributed by atoms with E-state index in [1.165, 1.54) is 0 Å². The largest absolute Gasteiger partial charge is 0.389 e. The highest BCUT2D eigenvalue weighted by Gasteiger charge is 2.45. The van der Waals surface area contributed by atoms with Gasteiger partial charge in [0.15, 0.2) is 0 Å². The van der Waals surface area contributed by atoms with Crippen LogP contribution in [0.15, 0.2) is 0 Å². The van der Waals surface area contributed by atoms with Crippen molar-refractivity contribution < 1.29 is 9.90 Å². The van der Waals surface area contributed by atoms with Gasteiger partial charge in [0.05, 0.1) is 5.60 Å². The van der Waals surface area contributed by atoms with Gasteiger partial charge in [-0.2, -0.15) is 0 Å². The molecule has 3 atom stereocenters. The zero-order valence-electron chi connectivity index (χ0n) is 11.6. The minimum Gasteiger partial charge on any atom is -0.389 e. The molecule has 1 heterocycles. The highest BCUT2D eigenvalue weighted by molar-refractivity contribution is 5.81. The number of aliphatic hydroxyl groups is 1. The summed E-state index contributed by atoms with van der Waals surface area (Å²) in [5.41, 5.74) is -0.651. The molecule has 1 amide bonds. The summed E-state index contributed by atoms with van der Waals surface area (Å²) in [6, 6.07) is -0.0168. The molecular weight excluding hydrogens is 230 g/mol. The standard InChI is InChI=1S/C13H25N3O2/c1-13(18)6-4-5-11(13)16-8-7-14-9-10(16)12(17)15(2)3/h10-11,14,18H,4-9H2,1-3H3. The number of carbonyl (C=O) groups is 1. The molecule has 2 N–H and O–H groups in total. The molecule has 0 radical (unpaired) electrons. The van der Waals surface area contributed by atoms with Gasteiger partial charge in [-0.15, -0.1) is 0 Å². The summed E-state index contributed by atoms with van der Waals surface area (Å²) in [4.78, 5) is 16.1. The van der Waals surface area contributed by atoms with Gasteiger partial charge >= 0.3 is 0 Å². The predicted octanol–water partition coefficient (Wildman–Crippen LogP) is -0.348. The van der Waals surface area contributed by atoms with Crippen LogP contribution in [-0.2, 0) is 4.79 Å². The van der Waals surface area contributed by atoms with Crippen molar-refractivity contribution in [3.63, 3.8) is 0 Å². The number of amides is 1. The number of hydrogen-bond acceptors (Lipinski definition) is 4. The van der Waals surface area contributed by atoms with E-state index in [1.54, 1.807) is 19.0 Å². The molecule has 18 heavy (non-hydrogen) atoms. The molecule has 5 nitrogen and oxygen atoms in total. The van der Waals surface area contributed by atoms with Gasteiger partial charge < -0.3 is 15.3 Å². The van der Waals surface area contributed by atoms with Gasteiger partial charge in [0.25, 0.3) is 0 Å². The summed E-state index contributed by atoms with van der Waals surface area (Å²) < 4.78 is 0. The average molecular weight is 255 g/mol. The molecule has 3 unspecified atom stereocenters. The van der Waals surface area contributed by atoms with E-state index in [9.17, 15) is 9.90 Å². The van der Waals surface area contributed by atoms with Crippen LogP contribution < -0.4 is 5.32 Å². The van der Waals surface area contributed by atoms with Crippen LogP contribution >= 0.6 is 0 Å². The Labute approximate surface area is 109 Å². The number of nitrogens with one attached hydrogen (secondary N) is 1. The van der Waals surface area contributed by atoms with Crippen LogP contribution in [0.3, 0.4) is 0 Å². The highest BCUT2D eigenvalue weighted by atomic mass is 16.3. The van der Waals surface area contributed by atoms with E-state index in [0.717, 1.165) is 32.4 Å². The predicted molar refractivity (Wildman–Crippen MR) is 70.3 cm³/mol. The average Bonchev–Trinajstić information content (AvgIpc) is 2.67. The first-order valence-electron chi connectivity index (χ1n) is 6.83. The smallest absolute Gasteiger partial charge is 0.240 e. The number of rotatable bonds is 2. The summed E-state index contributed by atoms with van der Waals surface area (Å²) in [7, 11) is 3.59. The molecule has 0 aromatic carbocycles. The summed E-state index contributed by atoms with van der Waals surface area (Å²) in [5, 5.41) is 13.7. The van der Waals surface area contributed by atoms with E-state index >= 15 is 0 Å². The molecule has 2 fully saturated rings. The Morgan fingerprint density at radius 2 is 2.22 bits per heavy atom. The maximum absolute atomic E-state index is 12.2. The Bertz CT molecular complexity index is 317. The Hall–Kier alpha value is -0.650. The van der Waals surface area contributed by atoms with Gasteiger partial charge in [-0.1, -0.05) is 0 Å². The summed E-state index contributed by atoms with van der Waals surface area (Å²) in [6.45, 7) is 4.32. The number of carbonyl (C=O) groups excluding carboxylic acids is 1. The third-order valence-electron chi connectivity index (χ3n) is 4.29. The van der Waals surface area contributed by atoms with Crippen molar-refractivity contribution >= 4 is 5.91 Å². The van der Waals surface area contributed by atoms with Gasteiger partial charge in [0, 0.05) is 39.8 Å². The summed E-state index contributed by atoms with van der Waals surface area (Å²) in [6.07, 6.45) is 2.87. The van der Waals surface area contributed by atoms with Gasteiger partial charge in [-0.25, -0.2) is 0 Å². The van der Waals surface area contributed by atoms with Crippen LogP contribution in [-0.4, -0.2) is 72.2 Å². The topological polar surface area (TPSA) is 55.8 Å². The second-order valence-electron chi connectivity index (χ2n) is 5.96. The number of piperazine rings is 1. The van der Waals surface area contributed by atoms with Crippen LogP contribution in [0.4, 0.5) is 0 Å². The SMILES string of the molecule is CN(C)C(=O)C1CNCCN1C1CCCC1(C)O. The minimum atomic E-state index is -0.651. The maximum atomic E-state index is 12.2. The van der Waals surface area contributed by atoms with Gasteiger partial charge in [-0.05, 0) is 26.2 Å². The molecule has 0 aromatic heterocycles. The molecule has 5 heteroatoms. The normalized spacial score (nSPS) is 37.8. The molecule has 1 saturated heterocycles. The third kappa shape index (κ3) is 2.53. The zero-order valence-corrected chi connectivity index (χ0v) is 11.6. The van der Waals surface area contributed by atoms with Gasteiger partial charge in [0.1, 0.15) is 6.04 Å². The molecule has 1 aliphatic carbocycles. The number of nitrogens with zero attached hydrogens (tertiary/aromatic N) is 2. The summed E-state index contributed by atoms with van der Waals surface area (Å²) in [5.74, 6) is 0.130. The van der Waals surface area contributed by atoms with Gasteiger partial charge in [-0.3, -0.25) is 9.69 Å². The number of hydrogen-bond donors (Lipinski definition) is 2. The van der Waals surface area contributed by atoms with E-state index in [0.29, 0.717) is 6.54 Å². The van der Waals surface area contributed by atoms with E-state index in [4.69, 9.17) is 0 Å². The second-order valence-corrected chi connectivity index (χ2v) is 5.96. The van der Waals surface area contributed by atoms with E-state index in [2.05, 4.69) is 10.2 Å². The zero-order chi connectivity index (χ0) is 13.3. The van der Waals surface area contributed by atoms with Crippen LogP contribution in [0, 0.1) is 0 Å². The molecular formula is C13H25N3O2. The van der Waals surface area contributed by atoms with Crippen LogP contribution in [0.25, 0.3) is 0 Å². The molecule has 1 saturated carbocycles. The molecule has 0 spiro atoms. The Kier molecular flexibility index (Phi) is 3.94. The number of likely N-dealkylation sites (N-methyl/N-ethyl adjacent to an activating group) is 1. The maximum Gasteiger partial charge on any atom is 0.240 e. The Balaban J connectivity index is 2.15. The molecule has 1 aliphatic heterocycles. The minimum absolute atomic E-state index is 0.119. The first kappa shape index (κ1) is 13.8. The van der Waals surface area contributed by atoms with Crippen LogP contribution in [0.1, 0.15) is 26.2 Å². The first-order chi connectivity index (χ1) is 8.43. The van der Waals surface area contributed by atoms with E-state index < -0.39 is 5.60 Å². The second kappa shape index (κ2) is 5.15. The van der Waals surface area contributed by atoms with Crippen LogP contribution in [0.5, 0.6) is 0 Å². The van der Waals surface area contributed by atoms with Crippen molar-refractivity contribution in [1.82, 2.24) is 15.1 Å². The third-order valence-corrected chi connectivity index (χ3v) is 4.29. The fourth-order valence-corrected chi connectivity index (χ4v) is 3.27. The van der Waals surface area contributed by atoms with Crippen molar-refractivity contribution in [1.29, 1.82) is 0 Å². The quantitative estimate of drug-likeness (QED) is 0.708. The fraction of sp³-hybridized carbons (Fsp3) is 0.923. The van der Waals surface area contributed by atoms with Crippen molar-refractivity contribution in [3.05, 3.63) is 0 Å². The Morgan fingerprint density at radius 3 is 2.78 bits per heavy atom. The van der Waals surface area contributed by atoms with Crippen LogP contribution in [0.2, 0.25) is 0 Å².